The van der Waals surface area contributed by atoms with Crippen molar-refractivity contribution in [3.05, 3.63) is 65.3 Å². The Morgan fingerprint density at radius 2 is 1.69 bits per heavy atom. The first kappa shape index (κ1) is 26.1. The first-order valence-corrected chi connectivity index (χ1v) is 14.1. The topological polar surface area (TPSA) is 118 Å². The van der Waals surface area contributed by atoms with Crippen molar-refractivity contribution in [2.45, 2.75) is 76.2 Å². The number of rotatable bonds is 7. The number of pyridine rings is 1. The molecule has 1 aromatic carbocycles. The summed E-state index contributed by atoms with van der Waals surface area (Å²) in [4.78, 5) is 23.7. The number of likely N-dealkylation sites (tertiary alicyclic amines) is 1. The maximum absolute atomic E-state index is 12.5. The van der Waals surface area contributed by atoms with Crippen LogP contribution >= 0.6 is 0 Å². The maximum Gasteiger partial charge on any atom is 0.233 e. The van der Waals surface area contributed by atoms with Gasteiger partial charge in [-0.2, -0.15) is 4.98 Å². The lowest BCUT2D eigenvalue weighted by Crippen LogP contribution is -2.63. The Labute approximate surface area is 230 Å². The normalized spacial score (nSPS) is 27.7. The number of nitrogens with zero attached hydrogens (tertiary/aromatic N) is 4. The number of carbonyl (C=O) groups excluding carboxylic acids is 1. The van der Waals surface area contributed by atoms with Crippen LogP contribution in [-0.4, -0.2) is 51.2 Å². The Balaban J connectivity index is 1.34. The van der Waals surface area contributed by atoms with E-state index in [9.17, 15) is 9.90 Å². The molecule has 3 aliphatic carbocycles. The zero-order valence-corrected chi connectivity index (χ0v) is 23.4. The van der Waals surface area contributed by atoms with Gasteiger partial charge in [0.2, 0.25) is 17.6 Å². The average molecular weight is 530 g/mol. The molecule has 3 saturated carbocycles. The van der Waals surface area contributed by atoms with Gasteiger partial charge >= 0.3 is 0 Å². The fourth-order valence-corrected chi connectivity index (χ4v) is 7.54. The second-order valence-electron chi connectivity index (χ2n) is 13.0. The summed E-state index contributed by atoms with van der Waals surface area (Å²) in [6.45, 7) is 8.01. The smallest absolute Gasteiger partial charge is 0.233 e. The van der Waals surface area contributed by atoms with E-state index < -0.39 is 5.60 Å². The predicted molar refractivity (Wildman–Crippen MR) is 148 cm³/mol. The Kier molecular flexibility index (Phi) is 6.01. The molecule has 1 atom stereocenters. The van der Waals surface area contributed by atoms with E-state index in [1.54, 1.807) is 12.4 Å². The molecular weight excluding hydrogens is 490 g/mol. The van der Waals surface area contributed by atoms with Gasteiger partial charge in [-0.15, -0.1) is 0 Å². The summed E-state index contributed by atoms with van der Waals surface area (Å²) in [6.07, 6.45) is 8.28. The molecule has 2 bridgehead atoms. The molecule has 3 heterocycles. The number of amides is 1. The lowest BCUT2D eigenvalue weighted by molar-refractivity contribution is -0.134. The molecule has 1 saturated heterocycles. The van der Waals surface area contributed by atoms with Gasteiger partial charge in [0, 0.05) is 52.9 Å². The maximum atomic E-state index is 12.5. The van der Waals surface area contributed by atoms with Crippen LogP contribution in [0.3, 0.4) is 0 Å². The van der Waals surface area contributed by atoms with E-state index >= 15 is 0 Å². The molecular formula is C31H39N5O3. The highest BCUT2D eigenvalue weighted by Gasteiger charge is 2.56. The lowest BCUT2D eigenvalue weighted by Gasteiger charge is -2.55. The van der Waals surface area contributed by atoms with Gasteiger partial charge in [0.25, 0.3) is 0 Å². The molecule has 3 N–H and O–H groups in total. The zero-order chi connectivity index (χ0) is 27.6. The zero-order valence-electron chi connectivity index (χ0n) is 23.4. The number of hydrogen-bond acceptors (Lipinski definition) is 7. The van der Waals surface area contributed by atoms with Crippen LogP contribution < -0.4 is 5.73 Å². The molecule has 2 aromatic heterocycles. The number of aliphatic hydroxyl groups is 1. The molecule has 1 aliphatic heterocycles. The second kappa shape index (κ2) is 8.96. The molecule has 7 rings (SSSR count). The first-order chi connectivity index (χ1) is 18.5. The predicted octanol–water partition coefficient (Wildman–Crippen LogP) is 4.52. The standard InChI is InChI=1S/C31H39N5O3/c1-20(2)21-5-7-23(8-6-21)31(38,28(3)18-36(4)19-28)24-15-22(16-33-17-24)25-34-27(39-35-25)30-12-9-29(10-13-30,11-14-30)26(32)37/h5-8,15-17,20,38H,9-14,18-19H2,1-4H3,(H2,32,37)/t29?,30?,31-/m0/s1. The molecule has 0 radical (unpaired) electrons. The quantitative estimate of drug-likeness (QED) is 0.462. The van der Waals surface area contributed by atoms with E-state index in [0.717, 1.165) is 62.7 Å². The van der Waals surface area contributed by atoms with Crippen LogP contribution in [0.5, 0.6) is 0 Å². The molecule has 39 heavy (non-hydrogen) atoms. The Morgan fingerprint density at radius 1 is 1.05 bits per heavy atom. The van der Waals surface area contributed by atoms with Crippen LogP contribution in [0.4, 0.5) is 0 Å². The van der Waals surface area contributed by atoms with E-state index in [-0.39, 0.29) is 22.2 Å². The van der Waals surface area contributed by atoms with Crippen molar-refractivity contribution >= 4 is 5.91 Å². The summed E-state index contributed by atoms with van der Waals surface area (Å²) in [5.74, 6) is 1.34. The molecule has 8 nitrogen and oxygen atoms in total. The number of primary amides is 1. The Morgan fingerprint density at radius 3 is 2.26 bits per heavy atom. The highest BCUT2D eigenvalue weighted by atomic mass is 16.5. The second-order valence-corrected chi connectivity index (χ2v) is 13.0. The Hall–Kier alpha value is -3.10. The van der Waals surface area contributed by atoms with Crippen LogP contribution in [0, 0.1) is 10.8 Å². The van der Waals surface area contributed by atoms with Crippen molar-refractivity contribution in [1.29, 1.82) is 0 Å². The van der Waals surface area contributed by atoms with Gasteiger partial charge in [-0.25, -0.2) is 0 Å². The minimum absolute atomic E-state index is 0.178. The molecule has 3 aromatic rings. The molecule has 206 valence electrons. The number of benzene rings is 1. The summed E-state index contributed by atoms with van der Waals surface area (Å²) >= 11 is 0. The number of carbonyl (C=O) groups is 1. The van der Waals surface area contributed by atoms with Gasteiger partial charge in [-0.1, -0.05) is 50.2 Å². The molecule has 0 spiro atoms. The summed E-state index contributed by atoms with van der Waals surface area (Å²) in [5, 5.41) is 16.9. The van der Waals surface area contributed by atoms with Crippen LogP contribution in [0.2, 0.25) is 0 Å². The average Bonchev–Trinajstić information content (AvgIpc) is 3.44. The monoisotopic (exact) mass is 529 g/mol. The fourth-order valence-electron chi connectivity index (χ4n) is 7.54. The fraction of sp³-hybridized carbons (Fsp3) is 0.548. The number of aromatic nitrogens is 3. The van der Waals surface area contributed by atoms with Gasteiger partial charge in [0.05, 0.1) is 0 Å². The van der Waals surface area contributed by atoms with Crippen LogP contribution in [0.1, 0.15) is 87.8 Å². The first-order valence-electron chi connectivity index (χ1n) is 14.1. The van der Waals surface area contributed by atoms with Crippen LogP contribution in [0.25, 0.3) is 11.4 Å². The van der Waals surface area contributed by atoms with E-state index in [4.69, 9.17) is 15.2 Å². The summed E-state index contributed by atoms with van der Waals surface area (Å²) < 4.78 is 5.86. The SMILES string of the molecule is CC(C)c1ccc([C@](O)(c2cncc(-c3noc(C45CCC(C(N)=O)(CC4)CC5)n3)c2)C2(C)CN(C)C2)cc1. The number of nitrogens with two attached hydrogens (primary N) is 1. The number of fused-ring (bicyclic) bond motifs is 3. The molecule has 4 fully saturated rings. The molecule has 8 heteroatoms. The highest BCUT2D eigenvalue weighted by Crippen LogP contribution is 2.57. The largest absolute Gasteiger partial charge is 0.380 e. The van der Waals surface area contributed by atoms with Crippen molar-refractivity contribution in [3.63, 3.8) is 0 Å². The Bertz CT molecular complexity index is 1370. The summed E-state index contributed by atoms with van der Waals surface area (Å²) in [6, 6.07) is 10.3. The van der Waals surface area contributed by atoms with Crippen molar-refractivity contribution in [3.8, 4) is 11.4 Å². The van der Waals surface area contributed by atoms with Gasteiger partial charge in [-0.3, -0.25) is 9.78 Å². The minimum atomic E-state index is -1.24. The van der Waals surface area contributed by atoms with Gasteiger partial charge in [0.15, 0.2) is 0 Å². The van der Waals surface area contributed by atoms with E-state index in [2.05, 4.69) is 67.1 Å². The highest BCUT2D eigenvalue weighted by molar-refractivity contribution is 5.81. The third-order valence-electron chi connectivity index (χ3n) is 10.2. The third kappa shape index (κ3) is 3.94. The molecule has 4 aliphatic rings. The minimum Gasteiger partial charge on any atom is -0.380 e. The van der Waals surface area contributed by atoms with Gasteiger partial charge in [-0.05, 0) is 68.7 Å². The number of hydrogen-bond donors (Lipinski definition) is 2. The van der Waals surface area contributed by atoms with Crippen molar-refractivity contribution < 1.29 is 14.4 Å². The lowest BCUT2D eigenvalue weighted by atomic mass is 9.53. The van der Waals surface area contributed by atoms with E-state index in [1.807, 2.05) is 6.07 Å². The molecule has 0 unspecified atom stereocenters. The van der Waals surface area contributed by atoms with E-state index in [1.165, 1.54) is 5.56 Å². The van der Waals surface area contributed by atoms with Gasteiger partial charge < -0.3 is 20.3 Å². The molecule has 1 amide bonds. The van der Waals surface area contributed by atoms with Crippen molar-refractivity contribution in [2.75, 3.05) is 20.1 Å². The van der Waals surface area contributed by atoms with Crippen LogP contribution in [-0.2, 0) is 15.8 Å². The van der Waals surface area contributed by atoms with Crippen LogP contribution in [0.15, 0.2) is 47.2 Å². The third-order valence-corrected chi connectivity index (χ3v) is 10.2. The van der Waals surface area contributed by atoms with Crippen molar-refractivity contribution in [2.24, 2.45) is 16.6 Å². The summed E-state index contributed by atoms with van der Waals surface area (Å²) in [7, 11) is 2.07. The van der Waals surface area contributed by atoms with Crippen molar-refractivity contribution in [1.82, 2.24) is 20.0 Å². The summed E-state index contributed by atoms with van der Waals surface area (Å²) in [5.41, 5.74) is 7.07. The van der Waals surface area contributed by atoms with E-state index in [0.29, 0.717) is 23.2 Å². The van der Waals surface area contributed by atoms with Gasteiger partial charge in [0.1, 0.15) is 5.60 Å².